The molecule has 0 unspecified atom stereocenters. The first kappa shape index (κ1) is 13.1. The molecule has 0 amide bonds. The van der Waals surface area contributed by atoms with Gasteiger partial charge in [-0.25, -0.2) is 0 Å². The lowest BCUT2D eigenvalue weighted by atomic mass is 9.78. The zero-order valence-electron chi connectivity index (χ0n) is 10.8. The molecular weight excluding hydrogens is 274 g/mol. The van der Waals surface area contributed by atoms with Crippen molar-refractivity contribution in [3.8, 4) is 0 Å². The van der Waals surface area contributed by atoms with Crippen LogP contribution in [0.5, 0.6) is 0 Å². The van der Waals surface area contributed by atoms with E-state index in [1.54, 1.807) is 0 Å². The van der Waals surface area contributed by atoms with E-state index in [1.165, 1.54) is 41.3 Å². The second-order valence-electron chi connectivity index (χ2n) is 5.62. The smallest absolute Gasteiger partial charge is 0.0181 e. The molecule has 0 atom stereocenters. The standard InChI is InChI=1S/C15H22BrN/c1-11(2)12-7-13(9-14(16)8-12)15(10-17)5-3-4-6-15/h7-9,11H,3-6,10,17H2,1-2H3. The van der Waals surface area contributed by atoms with Gasteiger partial charge in [0.05, 0.1) is 0 Å². The van der Waals surface area contributed by atoms with E-state index < -0.39 is 0 Å². The largest absolute Gasteiger partial charge is 0.330 e. The summed E-state index contributed by atoms with van der Waals surface area (Å²) in [5, 5.41) is 0. The fourth-order valence-electron chi connectivity index (χ4n) is 2.91. The second-order valence-corrected chi connectivity index (χ2v) is 6.54. The molecule has 0 radical (unpaired) electrons. The molecule has 0 bridgehead atoms. The molecule has 0 heterocycles. The van der Waals surface area contributed by atoms with Crippen LogP contribution in [0.4, 0.5) is 0 Å². The van der Waals surface area contributed by atoms with E-state index in [-0.39, 0.29) is 5.41 Å². The molecule has 0 aliphatic heterocycles. The Bertz CT molecular complexity index is 392. The third kappa shape index (κ3) is 2.58. The lowest BCUT2D eigenvalue weighted by Crippen LogP contribution is -2.32. The monoisotopic (exact) mass is 295 g/mol. The molecule has 1 saturated carbocycles. The van der Waals surface area contributed by atoms with Crippen LogP contribution in [0, 0.1) is 0 Å². The van der Waals surface area contributed by atoms with Gasteiger partial charge in [-0.1, -0.05) is 48.7 Å². The van der Waals surface area contributed by atoms with E-state index >= 15 is 0 Å². The summed E-state index contributed by atoms with van der Waals surface area (Å²) < 4.78 is 1.19. The molecule has 0 aromatic heterocycles. The average molecular weight is 296 g/mol. The minimum Gasteiger partial charge on any atom is -0.330 e. The van der Waals surface area contributed by atoms with Crippen molar-refractivity contribution in [3.05, 3.63) is 33.8 Å². The van der Waals surface area contributed by atoms with Gasteiger partial charge < -0.3 is 5.73 Å². The molecule has 1 fully saturated rings. The first-order chi connectivity index (χ1) is 8.07. The summed E-state index contributed by atoms with van der Waals surface area (Å²) in [6.07, 6.45) is 5.14. The maximum absolute atomic E-state index is 6.06. The molecule has 1 aliphatic rings. The van der Waals surface area contributed by atoms with E-state index in [9.17, 15) is 0 Å². The second kappa shape index (κ2) is 5.11. The molecule has 1 nitrogen and oxygen atoms in total. The molecule has 1 aliphatic carbocycles. The number of rotatable bonds is 3. The summed E-state index contributed by atoms with van der Waals surface area (Å²) in [7, 11) is 0. The van der Waals surface area contributed by atoms with Crippen LogP contribution in [-0.4, -0.2) is 6.54 Å². The van der Waals surface area contributed by atoms with Crippen LogP contribution in [0.25, 0.3) is 0 Å². The molecule has 94 valence electrons. The van der Waals surface area contributed by atoms with E-state index in [1.807, 2.05) is 0 Å². The molecule has 2 heteroatoms. The Balaban J connectivity index is 2.43. The zero-order valence-corrected chi connectivity index (χ0v) is 12.4. The van der Waals surface area contributed by atoms with Gasteiger partial charge in [-0.3, -0.25) is 0 Å². The molecular formula is C15H22BrN. The van der Waals surface area contributed by atoms with Gasteiger partial charge >= 0.3 is 0 Å². The van der Waals surface area contributed by atoms with E-state index in [4.69, 9.17) is 5.73 Å². The van der Waals surface area contributed by atoms with Gasteiger partial charge in [-0.15, -0.1) is 0 Å². The van der Waals surface area contributed by atoms with Gasteiger partial charge in [0.2, 0.25) is 0 Å². The topological polar surface area (TPSA) is 26.0 Å². The van der Waals surface area contributed by atoms with Crippen molar-refractivity contribution < 1.29 is 0 Å². The number of hydrogen-bond acceptors (Lipinski definition) is 1. The van der Waals surface area contributed by atoms with Crippen LogP contribution in [0.1, 0.15) is 56.6 Å². The molecule has 2 rings (SSSR count). The first-order valence-corrected chi connectivity index (χ1v) is 7.38. The Kier molecular flexibility index (Phi) is 3.94. The Labute approximate surface area is 113 Å². The minimum absolute atomic E-state index is 0.243. The van der Waals surface area contributed by atoms with E-state index in [0.717, 1.165) is 6.54 Å². The van der Waals surface area contributed by atoms with Crippen molar-refractivity contribution in [3.63, 3.8) is 0 Å². The lowest BCUT2D eigenvalue weighted by molar-refractivity contribution is 0.452. The third-order valence-electron chi connectivity index (χ3n) is 4.15. The summed E-state index contributed by atoms with van der Waals surface area (Å²) in [4.78, 5) is 0. The fraction of sp³-hybridized carbons (Fsp3) is 0.600. The Morgan fingerprint density at radius 2 is 1.88 bits per heavy atom. The highest BCUT2D eigenvalue weighted by molar-refractivity contribution is 9.10. The van der Waals surface area contributed by atoms with Gasteiger partial charge in [0.1, 0.15) is 0 Å². The van der Waals surface area contributed by atoms with Crippen molar-refractivity contribution in [1.29, 1.82) is 0 Å². The van der Waals surface area contributed by atoms with Gasteiger partial charge in [-0.2, -0.15) is 0 Å². The summed E-state index contributed by atoms with van der Waals surface area (Å²) in [5.41, 5.74) is 9.16. The molecule has 2 N–H and O–H groups in total. The van der Waals surface area contributed by atoms with E-state index in [0.29, 0.717) is 5.92 Å². The van der Waals surface area contributed by atoms with Crippen LogP contribution >= 0.6 is 15.9 Å². The van der Waals surface area contributed by atoms with Crippen molar-refractivity contribution in [2.75, 3.05) is 6.54 Å². The van der Waals surface area contributed by atoms with Gasteiger partial charge in [0.15, 0.2) is 0 Å². The van der Waals surface area contributed by atoms with Crippen LogP contribution < -0.4 is 5.73 Å². The summed E-state index contributed by atoms with van der Waals surface area (Å²) >= 11 is 3.64. The normalized spacial score (nSPS) is 18.9. The number of halogens is 1. The van der Waals surface area contributed by atoms with Crippen molar-refractivity contribution >= 4 is 15.9 Å². The first-order valence-electron chi connectivity index (χ1n) is 6.58. The maximum Gasteiger partial charge on any atom is 0.0181 e. The zero-order chi connectivity index (χ0) is 12.5. The number of nitrogens with two attached hydrogens (primary N) is 1. The van der Waals surface area contributed by atoms with Crippen LogP contribution in [0.3, 0.4) is 0 Å². The molecule has 0 spiro atoms. The summed E-state index contributed by atoms with van der Waals surface area (Å²) in [6.45, 7) is 5.27. The molecule has 17 heavy (non-hydrogen) atoms. The highest BCUT2D eigenvalue weighted by Crippen LogP contribution is 2.41. The molecule has 1 aromatic rings. The fourth-order valence-corrected chi connectivity index (χ4v) is 3.43. The van der Waals surface area contributed by atoms with Crippen molar-refractivity contribution in [2.24, 2.45) is 5.73 Å². The molecule has 1 aromatic carbocycles. The predicted molar refractivity (Wildman–Crippen MR) is 77.4 cm³/mol. The average Bonchev–Trinajstić information content (AvgIpc) is 2.78. The van der Waals surface area contributed by atoms with Crippen molar-refractivity contribution in [1.82, 2.24) is 0 Å². The Morgan fingerprint density at radius 3 is 2.41 bits per heavy atom. The predicted octanol–water partition coefficient (Wildman–Crippen LogP) is 4.34. The number of hydrogen-bond donors (Lipinski definition) is 1. The quantitative estimate of drug-likeness (QED) is 0.882. The van der Waals surface area contributed by atoms with Gasteiger partial charge in [0, 0.05) is 16.4 Å². The Morgan fingerprint density at radius 1 is 1.24 bits per heavy atom. The SMILES string of the molecule is CC(C)c1cc(Br)cc(C2(CN)CCCC2)c1. The van der Waals surface area contributed by atoms with Gasteiger partial charge in [0.25, 0.3) is 0 Å². The Hall–Kier alpha value is -0.340. The van der Waals surface area contributed by atoms with Crippen LogP contribution in [-0.2, 0) is 5.41 Å². The lowest BCUT2D eigenvalue weighted by Gasteiger charge is -2.29. The summed E-state index contributed by atoms with van der Waals surface area (Å²) in [6, 6.07) is 6.87. The third-order valence-corrected chi connectivity index (χ3v) is 4.61. The minimum atomic E-state index is 0.243. The van der Waals surface area contributed by atoms with Crippen LogP contribution in [0.15, 0.2) is 22.7 Å². The maximum atomic E-state index is 6.06. The summed E-state index contributed by atoms with van der Waals surface area (Å²) in [5.74, 6) is 0.572. The van der Waals surface area contributed by atoms with Gasteiger partial charge in [-0.05, 0) is 42.0 Å². The molecule has 0 saturated heterocycles. The van der Waals surface area contributed by atoms with E-state index in [2.05, 4.69) is 48.0 Å². The van der Waals surface area contributed by atoms with Crippen LogP contribution in [0.2, 0.25) is 0 Å². The van der Waals surface area contributed by atoms with Crippen molar-refractivity contribution in [2.45, 2.75) is 50.9 Å². The number of benzene rings is 1. The highest BCUT2D eigenvalue weighted by Gasteiger charge is 2.34. The highest BCUT2D eigenvalue weighted by atomic mass is 79.9.